The number of amides is 1. The van der Waals surface area contributed by atoms with Gasteiger partial charge in [-0.2, -0.15) is 9.97 Å². The maximum absolute atomic E-state index is 11.2. The Balaban J connectivity index is 1.63. The zero-order chi connectivity index (χ0) is 24.5. The molecule has 0 saturated heterocycles. The van der Waals surface area contributed by atoms with E-state index < -0.39 is 14.2 Å². The second-order valence-corrected chi connectivity index (χ2v) is 15.8. The molecule has 182 valence electrons. The highest BCUT2D eigenvalue weighted by Gasteiger charge is 2.36. The molecule has 3 aromatic rings. The van der Waals surface area contributed by atoms with Crippen LogP contribution in [0.15, 0.2) is 30.7 Å². The van der Waals surface area contributed by atoms with Gasteiger partial charge in [0.25, 0.3) is 0 Å². The van der Waals surface area contributed by atoms with Gasteiger partial charge >= 0.3 is 6.09 Å². The lowest BCUT2D eigenvalue weighted by atomic mass is 9.88. The van der Waals surface area contributed by atoms with Gasteiger partial charge in [-0.3, -0.25) is 4.98 Å². The number of carboxylic acid groups (broad SMARTS) is 1. The van der Waals surface area contributed by atoms with Crippen molar-refractivity contribution in [1.29, 1.82) is 0 Å². The van der Waals surface area contributed by atoms with Crippen molar-refractivity contribution in [2.24, 2.45) is 0 Å². The van der Waals surface area contributed by atoms with E-state index in [9.17, 15) is 9.90 Å². The highest BCUT2D eigenvalue weighted by Crippen LogP contribution is 2.38. The van der Waals surface area contributed by atoms with Gasteiger partial charge in [0.1, 0.15) is 12.8 Å². The number of pyridine rings is 1. The Kier molecular flexibility index (Phi) is 7.11. The normalized spacial score (nSPS) is 18.0. The summed E-state index contributed by atoms with van der Waals surface area (Å²) < 4.78 is 14.1. The third kappa shape index (κ3) is 5.51. The predicted octanol–water partition coefficient (Wildman–Crippen LogP) is 4.98. The monoisotopic (exact) mass is 503 g/mol. The third-order valence-electron chi connectivity index (χ3n) is 6.05. The molecule has 0 bridgehead atoms. The number of hydrogen-bond donors (Lipinski definition) is 1. The van der Waals surface area contributed by atoms with E-state index in [1.165, 1.54) is 4.90 Å². The van der Waals surface area contributed by atoms with Crippen molar-refractivity contribution < 1.29 is 19.4 Å². The molecule has 0 spiro atoms. The average molecular weight is 504 g/mol. The molecule has 3 heterocycles. The van der Waals surface area contributed by atoms with E-state index in [-0.39, 0.29) is 17.4 Å². The number of hydrogen-bond acceptors (Lipinski definition) is 6. The summed E-state index contributed by atoms with van der Waals surface area (Å²) in [5, 5.41) is 10.0. The molecular weight excluding hydrogens is 474 g/mol. The molecule has 0 atom stereocenters. The third-order valence-corrected chi connectivity index (χ3v) is 7.93. The van der Waals surface area contributed by atoms with Crippen molar-refractivity contribution >= 4 is 36.8 Å². The van der Waals surface area contributed by atoms with Crippen molar-refractivity contribution in [1.82, 2.24) is 24.4 Å². The van der Waals surface area contributed by atoms with E-state index in [0.717, 1.165) is 22.6 Å². The maximum atomic E-state index is 11.2. The van der Waals surface area contributed by atoms with E-state index in [0.29, 0.717) is 37.7 Å². The number of fused-ring (bicyclic) bond motifs is 1. The molecule has 3 aromatic heterocycles. The summed E-state index contributed by atoms with van der Waals surface area (Å²) in [6.45, 7) is 7.97. The summed E-state index contributed by atoms with van der Waals surface area (Å²) in [7, 11) is 0.374. The van der Waals surface area contributed by atoms with E-state index in [4.69, 9.17) is 21.1 Å². The molecule has 0 aliphatic heterocycles. The average Bonchev–Trinajstić information content (AvgIpc) is 3.11. The van der Waals surface area contributed by atoms with Crippen LogP contribution >= 0.6 is 11.6 Å². The van der Waals surface area contributed by atoms with Gasteiger partial charge in [0, 0.05) is 70.3 Å². The fourth-order valence-electron chi connectivity index (χ4n) is 3.86. The zero-order valence-corrected chi connectivity index (χ0v) is 21.6. The Morgan fingerprint density at radius 3 is 2.74 bits per heavy atom. The van der Waals surface area contributed by atoms with E-state index >= 15 is 0 Å². The minimum atomic E-state index is -1.20. The summed E-state index contributed by atoms with van der Waals surface area (Å²) >= 11 is 6.29. The minimum absolute atomic E-state index is 0.0718. The Labute approximate surface area is 204 Å². The molecule has 1 N–H and O–H groups in total. The molecule has 1 aliphatic carbocycles. The van der Waals surface area contributed by atoms with Gasteiger partial charge in [-0.25, -0.2) is 4.79 Å². The molecule has 9 nitrogen and oxygen atoms in total. The van der Waals surface area contributed by atoms with E-state index in [2.05, 4.69) is 34.6 Å². The van der Waals surface area contributed by atoms with Gasteiger partial charge in [-0.05, 0) is 23.7 Å². The Hall–Kier alpha value is -2.69. The fraction of sp³-hybridized carbons (Fsp3) is 0.478. The molecule has 1 aliphatic rings. The summed E-state index contributed by atoms with van der Waals surface area (Å²) in [6.07, 6.45) is 5.56. The maximum Gasteiger partial charge on any atom is 0.407 e. The standard InChI is InChI=1S/C23H30ClN5O4Si/c1-28(23(30)31)16-10-17(11-16)33-21-19-18(15-6-5-7-25-12-15)13-29(20(19)26-22(24)27-21)14-32-8-9-34(2,3)4/h5-7,12-13,16-17H,8-11,14H2,1-4H3,(H,30,31)/t16-,17-. The number of aromatic nitrogens is 4. The first kappa shape index (κ1) is 24.4. The second-order valence-electron chi connectivity index (χ2n) is 9.86. The molecule has 0 unspecified atom stereocenters. The van der Waals surface area contributed by atoms with Crippen LogP contribution in [0.1, 0.15) is 12.8 Å². The highest BCUT2D eigenvalue weighted by molar-refractivity contribution is 6.76. The summed E-state index contributed by atoms with van der Waals surface area (Å²) in [5.74, 6) is 0.385. The van der Waals surface area contributed by atoms with Crippen molar-refractivity contribution in [2.75, 3.05) is 13.7 Å². The minimum Gasteiger partial charge on any atom is -0.474 e. The number of halogens is 1. The van der Waals surface area contributed by atoms with Gasteiger partial charge in [-0.1, -0.05) is 25.7 Å². The Morgan fingerprint density at radius 2 is 2.09 bits per heavy atom. The fourth-order valence-corrected chi connectivity index (χ4v) is 4.77. The van der Waals surface area contributed by atoms with Crippen LogP contribution in [0.3, 0.4) is 0 Å². The van der Waals surface area contributed by atoms with Gasteiger partial charge < -0.3 is 24.0 Å². The summed E-state index contributed by atoms with van der Waals surface area (Å²) in [5.41, 5.74) is 2.41. The van der Waals surface area contributed by atoms with Crippen LogP contribution in [0.25, 0.3) is 22.2 Å². The topological polar surface area (TPSA) is 103 Å². The predicted molar refractivity (Wildman–Crippen MR) is 133 cm³/mol. The molecule has 0 aromatic carbocycles. The zero-order valence-electron chi connectivity index (χ0n) is 19.9. The van der Waals surface area contributed by atoms with Crippen molar-refractivity contribution in [3.63, 3.8) is 0 Å². The van der Waals surface area contributed by atoms with Crippen LogP contribution in [0.5, 0.6) is 5.88 Å². The van der Waals surface area contributed by atoms with Crippen LogP contribution in [0, 0.1) is 0 Å². The molecule has 34 heavy (non-hydrogen) atoms. The van der Waals surface area contributed by atoms with Crippen molar-refractivity contribution in [2.45, 2.75) is 57.4 Å². The van der Waals surface area contributed by atoms with Gasteiger partial charge in [0.15, 0.2) is 5.65 Å². The molecule has 1 saturated carbocycles. The molecule has 0 radical (unpaired) electrons. The lowest BCUT2D eigenvalue weighted by Gasteiger charge is -2.39. The van der Waals surface area contributed by atoms with Crippen molar-refractivity contribution in [3.8, 4) is 17.0 Å². The summed E-state index contributed by atoms with van der Waals surface area (Å²) in [4.78, 5) is 25.7. The number of ether oxygens (including phenoxy) is 2. The SMILES string of the molecule is CN(C(=O)O)[C@H]1C[C@H](Oc2nc(Cl)nc3c2c(-c2cccnc2)cn3COCC[Si](C)(C)C)C1. The first-order valence-electron chi connectivity index (χ1n) is 11.3. The second kappa shape index (κ2) is 9.89. The van der Waals surface area contributed by atoms with Crippen molar-refractivity contribution in [3.05, 3.63) is 36.0 Å². The largest absolute Gasteiger partial charge is 0.474 e. The molecule has 4 rings (SSSR count). The Bertz CT molecular complexity index is 1160. The first-order chi connectivity index (χ1) is 16.1. The van der Waals surface area contributed by atoms with Crippen LogP contribution in [0.4, 0.5) is 4.79 Å². The van der Waals surface area contributed by atoms with Crippen LogP contribution in [-0.4, -0.2) is 69.5 Å². The molecule has 1 fully saturated rings. The molecule has 1 amide bonds. The smallest absolute Gasteiger partial charge is 0.407 e. The van der Waals surface area contributed by atoms with E-state index in [1.807, 2.05) is 22.9 Å². The molecular formula is C23H30ClN5O4Si. The lowest BCUT2D eigenvalue weighted by molar-refractivity contribution is 0.0304. The van der Waals surface area contributed by atoms with Gasteiger partial charge in [-0.15, -0.1) is 0 Å². The van der Waals surface area contributed by atoms with E-state index in [1.54, 1.807) is 19.4 Å². The Morgan fingerprint density at radius 1 is 1.32 bits per heavy atom. The van der Waals surface area contributed by atoms with Crippen LogP contribution in [0.2, 0.25) is 31.0 Å². The number of carbonyl (C=O) groups is 1. The number of nitrogens with zero attached hydrogens (tertiary/aromatic N) is 5. The van der Waals surface area contributed by atoms with Gasteiger partial charge in [0.2, 0.25) is 11.2 Å². The first-order valence-corrected chi connectivity index (χ1v) is 15.4. The van der Waals surface area contributed by atoms with Gasteiger partial charge in [0.05, 0.1) is 5.39 Å². The number of rotatable bonds is 9. The van der Waals surface area contributed by atoms with Crippen LogP contribution in [-0.2, 0) is 11.5 Å². The molecule has 11 heteroatoms. The lowest BCUT2D eigenvalue weighted by Crippen LogP contribution is -2.49. The van der Waals surface area contributed by atoms with Crippen LogP contribution < -0.4 is 4.74 Å². The quantitative estimate of drug-likeness (QED) is 0.249. The summed E-state index contributed by atoms with van der Waals surface area (Å²) in [6, 6.07) is 4.84. The highest BCUT2D eigenvalue weighted by atomic mass is 35.5.